The summed E-state index contributed by atoms with van der Waals surface area (Å²) in [7, 11) is 0. The fourth-order valence-corrected chi connectivity index (χ4v) is 4.42. The molecule has 0 unspecified atom stereocenters. The third-order valence-corrected chi connectivity index (χ3v) is 6.38. The highest BCUT2D eigenvalue weighted by Gasteiger charge is 2.31. The number of carbonyl (C=O) groups is 2. The maximum absolute atomic E-state index is 13.1. The molecule has 2 saturated heterocycles. The number of likely N-dealkylation sites (tertiary alicyclic amines) is 1. The van der Waals surface area contributed by atoms with Gasteiger partial charge in [-0.1, -0.05) is 42.5 Å². The highest BCUT2D eigenvalue weighted by molar-refractivity contribution is 5.94. The second kappa shape index (κ2) is 10.6. The summed E-state index contributed by atoms with van der Waals surface area (Å²) in [6, 6.07) is 15.9. The number of piperidine rings is 1. The Bertz CT molecular complexity index is 929. The summed E-state index contributed by atoms with van der Waals surface area (Å²) in [4.78, 5) is 31.7. The summed E-state index contributed by atoms with van der Waals surface area (Å²) in [5.74, 6) is -0.235. The van der Waals surface area contributed by atoms with Crippen molar-refractivity contribution in [3.05, 3.63) is 77.6 Å². The van der Waals surface area contributed by atoms with Crippen molar-refractivity contribution >= 4 is 17.9 Å². The highest BCUT2D eigenvalue weighted by Crippen LogP contribution is 2.22. The Hall–Kier alpha value is -2.99. The van der Waals surface area contributed by atoms with Gasteiger partial charge in [-0.3, -0.25) is 14.5 Å². The molecule has 0 saturated carbocycles. The molecule has 168 valence electrons. The van der Waals surface area contributed by atoms with Gasteiger partial charge < -0.3 is 9.80 Å². The van der Waals surface area contributed by atoms with Crippen LogP contribution in [0, 0.1) is 11.7 Å². The van der Waals surface area contributed by atoms with Gasteiger partial charge in [0.25, 0.3) is 5.91 Å². The van der Waals surface area contributed by atoms with Gasteiger partial charge in [0.15, 0.2) is 0 Å². The van der Waals surface area contributed by atoms with E-state index in [0.29, 0.717) is 31.5 Å². The quantitative estimate of drug-likeness (QED) is 0.722. The average molecular weight is 436 g/mol. The minimum Gasteiger partial charge on any atom is -0.340 e. The fourth-order valence-electron chi connectivity index (χ4n) is 4.42. The van der Waals surface area contributed by atoms with Gasteiger partial charge in [0.1, 0.15) is 5.82 Å². The first kappa shape index (κ1) is 22.2. The first-order valence-corrected chi connectivity index (χ1v) is 11.4. The van der Waals surface area contributed by atoms with Crippen molar-refractivity contribution in [1.82, 2.24) is 14.7 Å². The predicted molar refractivity (Wildman–Crippen MR) is 124 cm³/mol. The van der Waals surface area contributed by atoms with Crippen molar-refractivity contribution in [2.75, 3.05) is 45.8 Å². The molecule has 0 radical (unpaired) electrons. The van der Waals surface area contributed by atoms with Crippen molar-refractivity contribution in [2.45, 2.75) is 12.8 Å². The van der Waals surface area contributed by atoms with Crippen LogP contribution in [0.15, 0.2) is 60.7 Å². The largest absolute Gasteiger partial charge is 0.340 e. The lowest BCUT2D eigenvalue weighted by atomic mass is 9.94. The number of amides is 2. The van der Waals surface area contributed by atoms with Gasteiger partial charge in [-0.15, -0.1) is 0 Å². The molecular weight excluding hydrogens is 405 g/mol. The number of halogens is 1. The van der Waals surface area contributed by atoms with E-state index in [9.17, 15) is 14.0 Å². The van der Waals surface area contributed by atoms with Crippen LogP contribution >= 0.6 is 0 Å². The molecular formula is C26H30FN3O2. The Morgan fingerprint density at radius 1 is 0.844 bits per heavy atom. The van der Waals surface area contributed by atoms with Crippen LogP contribution < -0.4 is 0 Å². The molecule has 4 rings (SSSR count). The number of hydrogen-bond acceptors (Lipinski definition) is 3. The van der Waals surface area contributed by atoms with Crippen LogP contribution in [-0.2, 0) is 4.79 Å². The first-order chi connectivity index (χ1) is 15.6. The molecule has 0 aliphatic carbocycles. The molecule has 2 aromatic rings. The smallest absolute Gasteiger partial charge is 0.253 e. The van der Waals surface area contributed by atoms with E-state index in [1.807, 2.05) is 23.1 Å². The molecule has 6 heteroatoms. The molecule has 2 aliphatic rings. The average Bonchev–Trinajstić information content (AvgIpc) is 2.85. The molecule has 0 aromatic heterocycles. The Labute approximate surface area is 189 Å². The predicted octanol–water partition coefficient (Wildman–Crippen LogP) is 3.54. The van der Waals surface area contributed by atoms with Crippen LogP contribution in [0.1, 0.15) is 28.8 Å². The van der Waals surface area contributed by atoms with E-state index in [1.165, 1.54) is 29.8 Å². The zero-order valence-corrected chi connectivity index (χ0v) is 18.3. The van der Waals surface area contributed by atoms with E-state index in [-0.39, 0.29) is 23.5 Å². The third kappa shape index (κ3) is 5.62. The molecule has 2 heterocycles. The SMILES string of the molecule is O=C(c1ccc(F)cc1)N1CCC(C(=O)N2CCN(C/C=C/c3ccccc3)CC2)CC1. The summed E-state index contributed by atoms with van der Waals surface area (Å²) in [5.41, 5.74) is 1.69. The van der Waals surface area contributed by atoms with Crippen LogP contribution in [-0.4, -0.2) is 72.3 Å². The molecule has 2 aliphatic heterocycles. The summed E-state index contributed by atoms with van der Waals surface area (Å²) in [6.07, 6.45) is 5.69. The Balaban J connectivity index is 1.20. The van der Waals surface area contributed by atoms with E-state index in [1.54, 1.807) is 4.90 Å². The molecule has 0 spiro atoms. The van der Waals surface area contributed by atoms with E-state index < -0.39 is 0 Å². The van der Waals surface area contributed by atoms with E-state index in [2.05, 4.69) is 29.2 Å². The van der Waals surface area contributed by atoms with E-state index in [4.69, 9.17) is 0 Å². The zero-order valence-electron chi connectivity index (χ0n) is 18.3. The van der Waals surface area contributed by atoms with Gasteiger partial charge in [0.2, 0.25) is 5.91 Å². The van der Waals surface area contributed by atoms with E-state index >= 15 is 0 Å². The monoisotopic (exact) mass is 435 g/mol. The van der Waals surface area contributed by atoms with Crippen molar-refractivity contribution < 1.29 is 14.0 Å². The summed E-state index contributed by atoms with van der Waals surface area (Å²) in [6.45, 7) is 5.30. The summed E-state index contributed by atoms with van der Waals surface area (Å²) < 4.78 is 13.1. The van der Waals surface area contributed by atoms with Crippen LogP contribution in [0.4, 0.5) is 4.39 Å². The number of rotatable bonds is 5. The Kier molecular flexibility index (Phi) is 7.32. The van der Waals surface area contributed by atoms with Gasteiger partial charge in [-0.05, 0) is 42.7 Å². The number of nitrogens with zero attached hydrogens (tertiary/aromatic N) is 3. The molecule has 0 atom stereocenters. The van der Waals surface area contributed by atoms with Crippen LogP contribution in [0.2, 0.25) is 0 Å². The number of benzene rings is 2. The minimum absolute atomic E-state index is 0.0169. The maximum Gasteiger partial charge on any atom is 0.253 e. The summed E-state index contributed by atoms with van der Waals surface area (Å²) in [5, 5.41) is 0. The fraction of sp³-hybridized carbons (Fsp3) is 0.385. The van der Waals surface area contributed by atoms with Crippen molar-refractivity contribution in [3.8, 4) is 0 Å². The molecule has 0 N–H and O–H groups in total. The van der Waals surface area contributed by atoms with Crippen LogP contribution in [0.3, 0.4) is 0 Å². The van der Waals surface area contributed by atoms with Gasteiger partial charge in [-0.2, -0.15) is 0 Å². The highest BCUT2D eigenvalue weighted by atomic mass is 19.1. The lowest BCUT2D eigenvalue weighted by Crippen LogP contribution is -2.51. The standard InChI is InChI=1S/C26H30FN3O2/c27-24-10-8-22(9-11-24)25(31)29-15-12-23(13-16-29)26(32)30-19-17-28(18-20-30)14-4-7-21-5-2-1-3-6-21/h1-11,23H,12-20H2/b7-4+. The van der Waals surface area contributed by atoms with Crippen molar-refractivity contribution in [3.63, 3.8) is 0 Å². The Morgan fingerprint density at radius 3 is 2.16 bits per heavy atom. The molecule has 5 nitrogen and oxygen atoms in total. The molecule has 2 fully saturated rings. The topological polar surface area (TPSA) is 43.9 Å². The summed E-state index contributed by atoms with van der Waals surface area (Å²) >= 11 is 0. The lowest BCUT2D eigenvalue weighted by molar-refractivity contribution is -0.138. The van der Waals surface area contributed by atoms with Gasteiger partial charge in [0, 0.05) is 57.3 Å². The molecule has 2 aromatic carbocycles. The van der Waals surface area contributed by atoms with Crippen molar-refractivity contribution in [2.24, 2.45) is 5.92 Å². The number of carbonyl (C=O) groups excluding carboxylic acids is 2. The molecule has 32 heavy (non-hydrogen) atoms. The molecule has 2 amide bonds. The van der Waals surface area contributed by atoms with E-state index in [0.717, 1.165) is 32.7 Å². The minimum atomic E-state index is -0.349. The van der Waals surface area contributed by atoms with Crippen molar-refractivity contribution in [1.29, 1.82) is 0 Å². The first-order valence-electron chi connectivity index (χ1n) is 11.4. The third-order valence-electron chi connectivity index (χ3n) is 6.38. The normalized spacial score (nSPS) is 18.3. The zero-order chi connectivity index (χ0) is 22.3. The lowest BCUT2D eigenvalue weighted by Gasteiger charge is -2.38. The second-order valence-corrected chi connectivity index (χ2v) is 8.51. The number of piperazine rings is 1. The van der Waals surface area contributed by atoms with Gasteiger partial charge in [-0.25, -0.2) is 4.39 Å². The van der Waals surface area contributed by atoms with Gasteiger partial charge >= 0.3 is 0 Å². The maximum atomic E-state index is 13.1. The second-order valence-electron chi connectivity index (χ2n) is 8.51. The molecule has 0 bridgehead atoms. The van der Waals surface area contributed by atoms with Crippen LogP contribution in [0.25, 0.3) is 6.08 Å². The van der Waals surface area contributed by atoms with Crippen LogP contribution in [0.5, 0.6) is 0 Å². The Morgan fingerprint density at radius 2 is 1.50 bits per heavy atom. The van der Waals surface area contributed by atoms with Gasteiger partial charge in [0.05, 0.1) is 0 Å². The number of hydrogen-bond donors (Lipinski definition) is 0.